The Morgan fingerprint density at radius 1 is 0.643 bits per heavy atom. The second-order valence-corrected chi connectivity index (χ2v) is 14.7. The first kappa shape index (κ1) is 36.9. The average Bonchev–Trinajstić information content (AvgIpc) is 1.12. The molecule has 0 spiro atoms. The zero-order chi connectivity index (χ0) is 9.00. The fourth-order valence-electron chi connectivity index (χ4n) is 0. The summed E-state index contributed by atoms with van der Waals surface area (Å²) in [6, 6.07) is 0. The van der Waals surface area contributed by atoms with Gasteiger partial charge in [0, 0.05) is 0 Å². The molecule has 0 amide bonds. The minimum atomic E-state index is -2.67. The summed E-state index contributed by atoms with van der Waals surface area (Å²) in [5, 5.41) is 0. The van der Waals surface area contributed by atoms with Crippen LogP contribution in [0.5, 0.6) is 0 Å². The largest absolute Gasteiger partial charge is 1.00 e. The van der Waals surface area contributed by atoms with Crippen LogP contribution in [0.4, 0.5) is 0 Å². The van der Waals surface area contributed by atoms with E-state index in [1.54, 1.807) is 0 Å². The molecule has 2 nitrogen and oxygen atoms in total. The van der Waals surface area contributed by atoms with E-state index in [4.69, 9.17) is 0 Å². The minimum Gasteiger partial charge on any atom is -0.809 e. The van der Waals surface area contributed by atoms with E-state index < -0.39 is 12.9 Å². The van der Waals surface area contributed by atoms with Crippen LogP contribution >= 0.6 is 0 Å². The molecule has 0 aliphatic carbocycles. The monoisotopic (exact) mass is 380 g/mol. The third kappa shape index (κ3) is 140. The van der Waals surface area contributed by atoms with Gasteiger partial charge in [0.25, 0.3) is 0 Å². The molecule has 14 heteroatoms. The maximum atomic E-state index is 9.63. The van der Waals surface area contributed by atoms with Crippen molar-refractivity contribution in [1.82, 2.24) is 0 Å². The fourth-order valence-corrected chi connectivity index (χ4v) is 0. The summed E-state index contributed by atoms with van der Waals surface area (Å²) in [7, 11) is 0. The number of hydrogen-bond acceptors (Lipinski definition) is 8. The standard InChI is InChI=1S/4Na.2H2OS4/c;;;;2*1-5(2,3)4/h;;;;2*(H2,1,2,3,4)/q4*+1;;/p-4. The molecule has 0 unspecified atom stereocenters. The second-order valence-electron chi connectivity index (χ2n) is 0.816. The smallest absolute Gasteiger partial charge is 0.809 e. The van der Waals surface area contributed by atoms with E-state index in [0.717, 1.165) is 0 Å². The molecule has 0 fully saturated rings. The molecule has 14 heavy (non-hydrogen) atoms. The van der Waals surface area contributed by atoms with E-state index in [-0.39, 0.29) is 118 Å². The summed E-state index contributed by atoms with van der Waals surface area (Å²) < 4.78 is 19.3. The van der Waals surface area contributed by atoms with Crippen molar-refractivity contribution >= 4 is 81.0 Å². The molecule has 0 aliphatic heterocycles. The van der Waals surface area contributed by atoms with Crippen molar-refractivity contribution < 1.29 is 127 Å². The quantitative estimate of drug-likeness (QED) is 0.233. The van der Waals surface area contributed by atoms with E-state index in [1.165, 1.54) is 0 Å². The van der Waals surface area contributed by atoms with Gasteiger partial charge in [0.05, 0.1) is 0 Å². The molecule has 0 bridgehead atoms. The predicted molar refractivity (Wildman–Crippen MR) is 60.5 cm³/mol. The molecule has 0 saturated heterocycles. The van der Waals surface area contributed by atoms with Crippen LogP contribution in [0, 0.1) is 0 Å². The molecule has 0 aromatic heterocycles. The molecule has 0 heterocycles. The van der Waals surface area contributed by atoms with Crippen molar-refractivity contribution in [3.05, 3.63) is 0 Å². The van der Waals surface area contributed by atoms with Gasteiger partial charge in [0.1, 0.15) is 0 Å². The molecule has 0 aromatic rings. The Morgan fingerprint density at radius 3 is 0.643 bits per heavy atom. The predicted octanol–water partition coefficient (Wildman–Crippen LogP) is -12.7. The van der Waals surface area contributed by atoms with Crippen molar-refractivity contribution in [3.63, 3.8) is 0 Å². The van der Waals surface area contributed by atoms with Crippen LogP contribution in [0.3, 0.4) is 0 Å². The summed E-state index contributed by atoms with van der Waals surface area (Å²) >= 11 is 23.9. The van der Waals surface area contributed by atoms with Crippen LogP contribution in [0.1, 0.15) is 0 Å². The van der Waals surface area contributed by atoms with Gasteiger partial charge in [-0.2, -0.15) is 0 Å². The van der Waals surface area contributed by atoms with Gasteiger partial charge in [0.15, 0.2) is 0 Å². The molecule has 0 atom stereocenters. The van der Waals surface area contributed by atoms with Crippen LogP contribution in [-0.2, 0) is 81.0 Å². The van der Waals surface area contributed by atoms with Crippen LogP contribution < -0.4 is 118 Å². The van der Waals surface area contributed by atoms with E-state index in [1.807, 2.05) is 0 Å². The van der Waals surface area contributed by atoms with Gasteiger partial charge in [-0.05, 0) is 0 Å². The second kappa shape index (κ2) is 19.2. The first-order valence-electron chi connectivity index (χ1n) is 1.33. The van der Waals surface area contributed by atoms with Gasteiger partial charge < -0.3 is 32.4 Å². The Kier molecular flexibility index (Phi) is 50.6. The van der Waals surface area contributed by atoms with Crippen LogP contribution in [0.2, 0.25) is 0 Å². The molecule has 0 aliphatic rings. The summed E-state index contributed by atoms with van der Waals surface area (Å²) in [6.45, 7) is -5.33. The molecule has 0 N–H and O–H groups in total. The van der Waals surface area contributed by atoms with E-state index in [9.17, 15) is 9.11 Å². The van der Waals surface area contributed by atoms with Crippen LogP contribution in [0.25, 0.3) is 0 Å². The third-order valence-corrected chi connectivity index (χ3v) is 0. The summed E-state index contributed by atoms with van der Waals surface area (Å²) in [6.07, 6.45) is 0. The fraction of sp³-hybridized carbons (Fsp3) is 0. The molecule has 0 rings (SSSR count). The Hall–Kier alpha value is 6.20. The average molecular weight is 380 g/mol. The van der Waals surface area contributed by atoms with Gasteiger partial charge in [-0.25, -0.2) is 0 Å². The molecule has 0 saturated carbocycles. The molecular formula is Na4O2S8. The molecule has 0 aromatic carbocycles. The Morgan fingerprint density at radius 2 is 0.643 bits per heavy atom. The van der Waals surface area contributed by atoms with Gasteiger partial charge in [0.2, 0.25) is 0 Å². The SMILES string of the molecule is [Na+].[Na+].[Na+].[Na+].[O-]S(=S)(=S)[S-].[O-]S(=S)(=S)[S-]. The van der Waals surface area contributed by atoms with Crippen LogP contribution in [0.15, 0.2) is 0 Å². The maximum absolute atomic E-state index is 9.63. The van der Waals surface area contributed by atoms with Crippen molar-refractivity contribution in [3.8, 4) is 0 Å². The first-order valence-corrected chi connectivity index (χ1v) is 10.00. The summed E-state index contributed by atoms with van der Waals surface area (Å²) in [4.78, 5) is 0. The Bertz CT molecular complexity index is 216. The number of hydrogen-bond donors (Lipinski definition) is 0. The summed E-state index contributed by atoms with van der Waals surface area (Å²) in [5.41, 5.74) is 0. The number of rotatable bonds is 0. The third-order valence-electron chi connectivity index (χ3n) is 0. The normalized spacial score (nSPS) is 8.29. The van der Waals surface area contributed by atoms with Gasteiger partial charge in [-0.3, -0.25) is 12.9 Å². The van der Waals surface area contributed by atoms with Crippen molar-refractivity contribution in [1.29, 1.82) is 0 Å². The zero-order valence-corrected chi connectivity index (χ0v) is 22.6. The van der Waals surface area contributed by atoms with Gasteiger partial charge in [-0.1, -0.05) is 44.8 Å². The topological polar surface area (TPSA) is 46.1 Å². The Labute approximate surface area is 203 Å². The van der Waals surface area contributed by atoms with E-state index in [0.29, 0.717) is 0 Å². The minimum absolute atomic E-state index is 0. The maximum Gasteiger partial charge on any atom is 1.00 e. The van der Waals surface area contributed by atoms with E-state index in [2.05, 4.69) is 68.1 Å². The van der Waals surface area contributed by atoms with Crippen molar-refractivity contribution in [2.45, 2.75) is 0 Å². The molecular weight excluding hydrogens is 380 g/mol. The molecule has 0 radical (unpaired) electrons. The van der Waals surface area contributed by atoms with Gasteiger partial charge >= 0.3 is 118 Å². The van der Waals surface area contributed by atoms with E-state index >= 15 is 0 Å². The van der Waals surface area contributed by atoms with Crippen LogP contribution in [-0.4, -0.2) is 9.11 Å². The van der Waals surface area contributed by atoms with Crippen molar-refractivity contribution in [2.75, 3.05) is 0 Å². The first-order chi connectivity index (χ1) is 4.00. The van der Waals surface area contributed by atoms with Gasteiger partial charge in [-0.15, -0.1) is 0 Å². The Balaban J connectivity index is -0.0000000178. The van der Waals surface area contributed by atoms with Crippen molar-refractivity contribution in [2.24, 2.45) is 0 Å². The molecule has 64 valence electrons. The summed E-state index contributed by atoms with van der Waals surface area (Å²) in [5.74, 6) is 0. The zero-order valence-electron chi connectivity index (χ0n) is 8.08.